The van der Waals surface area contributed by atoms with Crippen LogP contribution in [0, 0.1) is 0 Å². The number of methoxy groups -OCH3 is 2. The minimum atomic E-state index is -0.135. The Kier molecular flexibility index (Phi) is 6.54. The molecule has 1 saturated heterocycles. The summed E-state index contributed by atoms with van der Waals surface area (Å²) < 4.78 is 15.7. The maximum absolute atomic E-state index is 12.4. The predicted molar refractivity (Wildman–Crippen MR) is 102 cm³/mol. The zero-order valence-corrected chi connectivity index (χ0v) is 16.1. The molecule has 1 fully saturated rings. The highest BCUT2D eigenvalue weighted by molar-refractivity contribution is 5.91. The van der Waals surface area contributed by atoms with E-state index in [0.29, 0.717) is 50.0 Å². The largest absolute Gasteiger partial charge is 0.493 e. The average Bonchev–Trinajstić information content (AvgIpc) is 3.28. The van der Waals surface area contributed by atoms with Crippen LogP contribution in [0.5, 0.6) is 11.5 Å². The number of amides is 2. The van der Waals surface area contributed by atoms with Crippen molar-refractivity contribution in [1.29, 1.82) is 0 Å². The van der Waals surface area contributed by atoms with Gasteiger partial charge in [0.25, 0.3) is 5.91 Å². The molecule has 0 atom stereocenters. The molecule has 2 amide bonds. The number of benzene rings is 1. The number of rotatable bonds is 7. The Morgan fingerprint density at radius 1 is 1.04 bits per heavy atom. The van der Waals surface area contributed by atoms with Gasteiger partial charge < -0.3 is 29.0 Å². The van der Waals surface area contributed by atoms with Gasteiger partial charge in [-0.25, -0.2) is 0 Å². The van der Waals surface area contributed by atoms with Crippen molar-refractivity contribution in [3.63, 3.8) is 0 Å². The third-order valence-corrected chi connectivity index (χ3v) is 4.70. The highest BCUT2D eigenvalue weighted by atomic mass is 16.5. The number of carbonyl (C=O) groups is 2. The standard InChI is InChI=1S/C20H25N3O5/c1-26-16-6-5-15(12-18(16)27-2)13-21-14-19(24)22-7-9-23(10-8-22)20(25)17-4-3-11-28-17/h3-6,11-12,21H,7-10,13-14H2,1-2H3. The summed E-state index contributed by atoms with van der Waals surface area (Å²) >= 11 is 0. The molecule has 1 aromatic heterocycles. The number of ether oxygens (including phenoxy) is 2. The Labute approximate surface area is 164 Å². The molecule has 0 bridgehead atoms. The lowest BCUT2D eigenvalue weighted by Gasteiger charge is -2.34. The molecule has 1 aromatic carbocycles. The van der Waals surface area contributed by atoms with Crippen LogP contribution in [0.3, 0.4) is 0 Å². The van der Waals surface area contributed by atoms with Crippen molar-refractivity contribution in [3.05, 3.63) is 47.9 Å². The van der Waals surface area contributed by atoms with Gasteiger partial charge in [-0.1, -0.05) is 6.07 Å². The van der Waals surface area contributed by atoms with Gasteiger partial charge in [0.05, 0.1) is 27.0 Å². The Balaban J connectivity index is 1.43. The fourth-order valence-electron chi connectivity index (χ4n) is 3.13. The quantitative estimate of drug-likeness (QED) is 0.773. The van der Waals surface area contributed by atoms with Gasteiger partial charge in [-0.3, -0.25) is 9.59 Å². The van der Waals surface area contributed by atoms with E-state index in [2.05, 4.69) is 5.32 Å². The van der Waals surface area contributed by atoms with Gasteiger partial charge in [-0.15, -0.1) is 0 Å². The minimum Gasteiger partial charge on any atom is -0.493 e. The van der Waals surface area contributed by atoms with Gasteiger partial charge >= 0.3 is 0 Å². The van der Waals surface area contributed by atoms with Crippen LogP contribution >= 0.6 is 0 Å². The highest BCUT2D eigenvalue weighted by Crippen LogP contribution is 2.27. The first-order valence-electron chi connectivity index (χ1n) is 9.14. The highest BCUT2D eigenvalue weighted by Gasteiger charge is 2.25. The summed E-state index contributed by atoms with van der Waals surface area (Å²) in [6, 6.07) is 9.00. The Morgan fingerprint density at radius 2 is 1.75 bits per heavy atom. The van der Waals surface area contributed by atoms with Crippen LogP contribution < -0.4 is 14.8 Å². The predicted octanol–water partition coefficient (Wildman–Crippen LogP) is 1.37. The second-order valence-corrected chi connectivity index (χ2v) is 6.44. The molecular formula is C20H25N3O5. The monoisotopic (exact) mass is 387 g/mol. The summed E-state index contributed by atoms with van der Waals surface area (Å²) in [6.07, 6.45) is 1.48. The van der Waals surface area contributed by atoms with Gasteiger partial charge in [0.1, 0.15) is 0 Å². The van der Waals surface area contributed by atoms with E-state index < -0.39 is 0 Å². The number of hydrogen-bond donors (Lipinski definition) is 1. The normalized spacial score (nSPS) is 14.1. The molecule has 150 valence electrons. The molecule has 0 saturated carbocycles. The first-order valence-corrected chi connectivity index (χ1v) is 9.14. The van der Waals surface area contributed by atoms with Crippen molar-refractivity contribution in [3.8, 4) is 11.5 Å². The topological polar surface area (TPSA) is 84.3 Å². The zero-order valence-electron chi connectivity index (χ0n) is 16.1. The number of piperazine rings is 1. The Hall–Kier alpha value is -3.00. The molecule has 0 radical (unpaired) electrons. The van der Waals surface area contributed by atoms with E-state index in [-0.39, 0.29) is 18.4 Å². The molecule has 3 rings (SSSR count). The molecule has 8 heteroatoms. The van der Waals surface area contributed by atoms with Crippen LogP contribution in [0.25, 0.3) is 0 Å². The minimum absolute atomic E-state index is 0.0191. The zero-order chi connectivity index (χ0) is 19.9. The van der Waals surface area contributed by atoms with E-state index in [1.165, 1.54) is 6.26 Å². The maximum Gasteiger partial charge on any atom is 0.289 e. The summed E-state index contributed by atoms with van der Waals surface area (Å²) in [5.74, 6) is 1.54. The number of nitrogens with zero attached hydrogens (tertiary/aromatic N) is 2. The second kappa shape index (κ2) is 9.27. The van der Waals surface area contributed by atoms with Crippen molar-refractivity contribution in [2.45, 2.75) is 6.54 Å². The molecule has 2 aromatic rings. The number of carbonyl (C=O) groups excluding carboxylic acids is 2. The van der Waals surface area contributed by atoms with Crippen LogP contribution in [0.4, 0.5) is 0 Å². The third-order valence-electron chi connectivity index (χ3n) is 4.70. The fraction of sp³-hybridized carbons (Fsp3) is 0.400. The Bertz CT molecular complexity index is 798. The van der Waals surface area contributed by atoms with Crippen molar-refractivity contribution >= 4 is 11.8 Å². The summed E-state index contributed by atoms with van der Waals surface area (Å²) in [5, 5.41) is 3.16. The van der Waals surface area contributed by atoms with E-state index in [1.807, 2.05) is 18.2 Å². The molecule has 28 heavy (non-hydrogen) atoms. The number of hydrogen-bond acceptors (Lipinski definition) is 6. The molecule has 0 aliphatic carbocycles. The summed E-state index contributed by atoms with van der Waals surface area (Å²) in [4.78, 5) is 28.2. The first kappa shape index (κ1) is 19.8. The maximum atomic E-state index is 12.4. The summed E-state index contributed by atoms with van der Waals surface area (Å²) in [7, 11) is 3.19. The van der Waals surface area contributed by atoms with Crippen molar-refractivity contribution < 1.29 is 23.5 Å². The second-order valence-electron chi connectivity index (χ2n) is 6.44. The lowest BCUT2D eigenvalue weighted by Crippen LogP contribution is -2.52. The van der Waals surface area contributed by atoms with Gasteiger partial charge in [-0.2, -0.15) is 0 Å². The molecule has 0 spiro atoms. The van der Waals surface area contributed by atoms with E-state index in [4.69, 9.17) is 13.9 Å². The van der Waals surface area contributed by atoms with E-state index >= 15 is 0 Å². The summed E-state index contributed by atoms with van der Waals surface area (Å²) in [6.45, 7) is 2.82. The Morgan fingerprint density at radius 3 is 2.39 bits per heavy atom. The molecule has 1 N–H and O–H groups in total. The van der Waals surface area contributed by atoms with Crippen molar-refractivity contribution in [1.82, 2.24) is 15.1 Å². The van der Waals surface area contributed by atoms with Crippen molar-refractivity contribution in [2.75, 3.05) is 46.9 Å². The molecule has 1 aliphatic heterocycles. The van der Waals surface area contributed by atoms with E-state index in [1.54, 1.807) is 36.2 Å². The number of furan rings is 1. The van der Waals surface area contributed by atoms with E-state index in [0.717, 1.165) is 5.56 Å². The molecule has 2 heterocycles. The lowest BCUT2D eigenvalue weighted by atomic mass is 10.2. The van der Waals surface area contributed by atoms with Gasteiger partial charge in [0, 0.05) is 32.7 Å². The van der Waals surface area contributed by atoms with Crippen LogP contribution in [0.1, 0.15) is 16.1 Å². The first-order chi connectivity index (χ1) is 13.6. The van der Waals surface area contributed by atoms with Gasteiger partial charge in [0.15, 0.2) is 17.3 Å². The van der Waals surface area contributed by atoms with E-state index in [9.17, 15) is 9.59 Å². The number of nitrogens with one attached hydrogen (secondary N) is 1. The molecule has 1 aliphatic rings. The average molecular weight is 387 g/mol. The molecular weight excluding hydrogens is 362 g/mol. The molecule has 8 nitrogen and oxygen atoms in total. The molecule has 0 unspecified atom stereocenters. The fourth-order valence-corrected chi connectivity index (χ4v) is 3.13. The van der Waals surface area contributed by atoms with Gasteiger partial charge in [0.2, 0.25) is 5.91 Å². The van der Waals surface area contributed by atoms with Crippen LogP contribution in [-0.2, 0) is 11.3 Å². The summed E-state index contributed by atoms with van der Waals surface area (Å²) in [5.41, 5.74) is 0.999. The third kappa shape index (κ3) is 4.64. The lowest BCUT2D eigenvalue weighted by molar-refractivity contribution is -0.131. The van der Waals surface area contributed by atoms with Crippen LogP contribution in [0.15, 0.2) is 41.0 Å². The smallest absolute Gasteiger partial charge is 0.289 e. The van der Waals surface area contributed by atoms with Crippen LogP contribution in [-0.4, -0.2) is 68.6 Å². The van der Waals surface area contributed by atoms with Gasteiger partial charge in [-0.05, 0) is 29.8 Å². The van der Waals surface area contributed by atoms with Crippen molar-refractivity contribution in [2.24, 2.45) is 0 Å². The van der Waals surface area contributed by atoms with Crippen LogP contribution in [0.2, 0.25) is 0 Å². The SMILES string of the molecule is COc1ccc(CNCC(=O)N2CCN(C(=O)c3ccco3)CC2)cc1OC.